The molecule has 0 aliphatic rings. The van der Waals surface area contributed by atoms with Crippen LogP contribution in [0.15, 0.2) is 28.8 Å². The lowest BCUT2D eigenvalue weighted by Gasteiger charge is -2.28. The van der Waals surface area contributed by atoms with Crippen LogP contribution < -0.4 is 15.4 Å². The van der Waals surface area contributed by atoms with Crippen LogP contribution in [0.2, 0.25) is 0 Å². The van der Waals surface area contributed by atoms with E-state index in [0.717, 1.165) is 18.4 Å². The number of carbonyl (C=O) groups excluding carboxylic acids is 1. The van der Waals surface area contributed by atoms with Crippen LogP contribution in [-0.4, -0.2) is 28.8 Å². The Kier molecular flexibility index (Phi) is 6.01. The van der Waals surface area contributed by atoms with Crippen LogP contribution in [0.25, 0.3) is 11.4 Å². The lowest BCUT2D eigenvalue weighted by atomic mass is 9.96. The molecule has 0 fully saturated rings. The molecule has 25 heavy (non-hydrogen) atoms. The van der Waals surface area contributed by atoms with E-state index in [1.807, 2.05) is 45.0 Å². The molecule has 136 valence electrons. The zero-order valence-corrected chi connectivity index (χ0v) is 15.4. The van der Waals surface area contributed by atoms with Gasteiger partial charge in [-0.3, -0.25) is 0 Å². The molecule has 0 radical (unpaired) electrons. The number of urea groups is 1. The molecule has 2 rings (SSSR count). The Morgan fingerprint density at radius 1 is 1.32 bits per heavy atom. The van der Waals surface area contributed by atoms with E-state index in [4.69, 9.17) is 9.26 Å². The Bertz CT molecular complexity index is 710. The first-order valence-electron chi connectivity index (χ1n) is 8.48. The number of rotatable bonds is 7. The maximum absolute atomic E-state index is 12.2. The van der Waals surface area contributed by atoms with Crippen LogP contribution in [0, 0.1) is 0 Å². The second kappa shape index (κ2) is 8.00. The number of amides is 2. The summed E-state index contributed by atoms with van der Waals surface area (Å²) in [6, 6.07) is 6.77. The van der Waals surface area contributed by atoms with Gasteiger partial charge >= 0.3 is 6.03 Å². The topological polar surface area (TPSA) is 89.3 Å². The minimum absolute atomic E-state index is 0.235. The maximum Gasteiger partial charge on any atom is 0.315 e. The minimum Gasteiger partial charge on any atom is -0.496 e. The molecule has 0 unspecified atom stereocenters. The van der Waals surface area contributed by atoms with Gasteiger partial charge in [0.1, 0.15) is 11.8 Å². The summed E-state index contributed by atoms with van der Waals surface area (Å²) in [5, 5.41) is 9.82. The maximum atomic E-state index is 12.2. The largest absolute Gasteiger partial charge is 0.496 e. The second-order valence-corrected chi connectivity index (χ2v) is 6.24. The average Bonchev–Trinajstić information content (AvgIpc) is 3.11. The van der Waals surface area contributed by atoms with E-state index in [0.29, 0.717) is 17.5 Å². The number of aromatic nitrogens is 2. The van der Waals surface area contributed by atoms with E-state index in [-0.39, 0.29) is 11.6 Å². The van der Waals surface area contributed by atoms with Crippen molar-refractivity contribution in [2.75, 3.05) is 7.11 Å². The zero-order chi connectivity index (χ0) is 18.4. The molecule has 0 bridgehead atoms. The van der Waals surface area contributed by atoms with Gasteiger partial charge in [-0.05, 0) is 38.8 Å². The fourth-order valence-corrected chi connectivity index (χ4v) is 2.35. The molecule has 2 amide bonds. The molecule has 0 aliphatic heterocycles. The van der Waals surface area contributed by atoms with Crippen molar-refractivity contribution >= 4 is 6.03 Å². The van der Waals surface area contributed by atoms with E-state index in [1.54, 1.807) is 14.0 Å². The molecule has 2 N–H and O–H groups in total. The summed E-state index contributed by atoms with van der Waals surface area (Å²) < 4.78 is 10.6. The predicted molar refractivity (Wildman–Crippen MR) is 95.4 cm³/mol. The van der Waals surface area contributed by atoms with Crippen molar-refractivity contribution in [2.24, 2.45) is 0 Å². The molecule has 1 aromatic carbocycles. The van der Waals surface area contributed by atoms with Crippen LogP contribution >= 0.6 is 0 Å². The lowest BCUT2D eigenvalue weighted by Crippen LogP contribution is -2.50. The highest BCUT2D eigenvalue weighted by Crippen LogP contribution is 2.28. The number of para-hydroxylation sites is 1. The third-order valence-electron chi connectivity index (χ3n) is 4.48. The Hall–Kier alpha value is -2.57. The predicted octanol–water partition coefficient (Wildman–Crippen LogP) is 3.68. The molecule has 0 spiro atoms. The number of benzene rings is 1. The number of nitrogens with zero attached hydrogens (tertiary/aromatic N) is 2. The van der Waals surface area contributed by atoms with Gasteiger partial charge < -0.3 is 19.9 Å². The van der Waals surface area contributed by atoms with Crippen molar-refractivity contribution in [3.05, 3.63) is 30.2 Å². The van der Waals surface area contributed by atoms with Crippen molar-refractivity contribution in [2.45, 2.75) is 52.1 Å². The second-order valence-electron chi connectivity index (χ2n) is 6.24. The molecule has 1 heterocycles. The summed E-state index contributed by atoms with van der Waals surface area (Å²) in [6.45, 7) is 7.91. The highest BCUT2D eigenvalue weighted by Gasteiger charge is 2.24. The fraction of sp³-hybridized carbons (Fsp3) is 0.500. The van der Waals surface area contributed by atoms with Gasteiger partial charge in [0, 0.05) is 5.54 Å². The normalized spacial score (nSPS) is 12.5. The van der Waals surface area contributed by atoms with Gasteiger partial charge in [0.15, 0.2) is 0 Å². The lowest BCUT2D eigenvalue weighted by molar-refractivity contribution is 0.218. The van der Waals surface area contributed by atoms with Crippen molar-refractivity contribution in [1.82, 2.24) is 20.8 Å². The van der Waals surface area contributed by atoms with Gasteiger partial charge in [0.25, 0.3) is 0 Å². The molecule has 0 saturated heterocycles. The van der Waals surface area contributed by atoms with Gasteiger partial charge in [0.05, 0.1) is 12.7 Å². The number of nitrogens with one attached hydrogen (secondary N) is 2. The fourth-order valence-electron chi connectivity index (χ4n) is 2.35. The molecular weight excluding hydrogens is 320 g/mol. The minimum atomic E-state index is -0.408. The summed E-state index contributed by atoms with van der Waals surface area (Å²) in [5.74, 6) is 1.43. The van der Waals surface area contributed by atoms with Crippen molar-refractivity contribution in [1.29, 1.82) is 0 Å². The standard InChI is InChI=1S/C18H26N4O3/c1-6-18(4,7-2)21-17(23)19-12(3)16-20-15(22-25-16)13-10-8-9-11-14(13)24-5/h8-12H,6-7H2,1-5H3,(H2,19,21,23)/t12-/m1/s1. The number of methoxy groups -OCH3 is 1. The highest BCUT2D eigenvalue weighted by atomic mass is 16.5. The van der Waals surface area contributed by atoms with Gasteiger partial charge in [-0.2, -0.15) is 4.98 Å². The summed E-state index contributed by atoms with van der Waals surface area (Å²) in [5.41, 5.74) is 0.502. The molecule has 1 aromatic heterocycles. The first-order valence-corrected chi connectivity index (χ1v) is 8.48. The summed E-state index contributed by atoms with van der Waals surface area (Å²) in [4.78, 5) is 16.6. The molecular formula is C18H26N4O3. The van der Waals surface area contributed by atoms with Crippen LogP contribution in [0.1, 0.15) is 52.5 Å². The smallest absolute Gasteiger partial charge is 0.315 e. The van der Waals surface area contributed by atoms with E-state index >= 15 is 0 Å². The number of ether oxygens (including phenoxy) is 1. The van der Waals surface area contributed by atoms with Crippen molar-refractivity contribution < 1.29 is 14.1 Å². The first-order chi connectivity index (χ1) is 11.9. The van der Waals surface area contributed by atoms with Crippen LogP contribution in [0.4, 0.5) is 4.79 Å². The average molecular weight is 346 g/mol. The summed E-state index contributed by atoms with van der Waals surface area (Å²) >= 11 is 0. The van der Waals surface area contributed by atoms with E-state index in [9.17, 15) is 4.79 Å². The van der Waals surface area contributed by atoms with Crippen molar-refractivity contribution in [3.8, 4) is 17.1 Å². The van der Waals surface area contributed by atoms with E-state index in [1.165, 1.54) is 0 Å². The Balaban J connectivity index is 2.08. The SMILES string of the molecule is CCC(C)(CC)NC(=O)N[C@H](C)c1nc(-c2ccccc2OC)no1. The number of hydrogen-bond acceptors (Lipinski definition) is 5. The molecule has 2 aromatic rings. The zero-order valence-electron chi connectivity index (χ0n) is 15.4. The molecule has 7 nitrogen and oxygen atoms in total. The molecule has 0 saturated carbocycles. The number of hydrogen-bond donors (Lipinski definition) is 2. The summed E-state index contributed by atoms with van der Waals surface area (Å²) in [7, 11) is 1.59. The van der Waals surface area contributed by atoms with Crippen molar-refractivity contribution in [3.63, 3.8) is 0 Å². The third-order valence-corrected chi connectivity index (χ3v) is 4.48. The van der Waals surface area contributed by atoms with Crippen LogP contribution in [0.3, 0.4) is 0 Å². The Morgan fingerprint density at radius 3 is 2.64 bits per heavy atom. The van der Waals surface area contributed by atoms with Crippen LogP contribution in [0.5, 0.6) is 5.75 Å². The molecule has 0 aliphatic carbocycles. The van der Waals surface area contributed by atoms with E-state index in [2.05, 4.69) is 20.8 Å². The summed E-state index contributed by atoms with van der Waals surface area (Å²) in [6.07, 6.45) is 1.70. The monoisotopic (exact) mass is 346 g/mol. The molecule has 7 heteroatoms. The van der Waals surface area contributed by atoms with Gasteiger partial charge in [-0.15, -0.1) is 0 Å². The Morgan fingerprint density at radius 2 is 2.00 bits per heavy atom. The third kappa shape index (κ3) is 4.49. The highest BCUT2D eigenvalue weighted by molar-refractivity contribution is 5.75. The van der Waals surface area contributed by atoms with E-state index < -0.39 is 6.04 Å². The van der Waals surface area contributed by atoms with Gasteiger partial charge in [0.2, 0.25) is 11.7 Å². The molecule has 1 atom stereocenters. The van der Waals surface area contributed by atoms with Crippen LogP contribution in [-0.2, 0) is 0 Å². The first kappa shape index (κ1) is 18.8. The quantitative estimate of drug-likeness (QED) is 0.798. The Labute approximate surface area is 148 Å². The number of carbonyl (C=O) groups is 1. The van der Waals surface area contributed by atoms with Gasteiger partial charge in [-0.25, -0.2) is 4.79 Å². The van der Waals surface area contributed by atoms with Gasteiger partial charge in [-0.1, -0.05) is 31.1 Å².